The first kappa shape index (κ1) is 27.0. The minimum Gasteiger partial charge on any atom is -0.497 e. The Morgan fingerprint density at radius 1 is 0.974 bits per heavy atom. The molecule has 1 N–H and O–H groups in total. The Morgan fingerprint density at radius 2 is 1.71 bits per heavy atom. The van der Waals surface area contributed by atoms with Crippen LogP contribution in [-0.4, -0.2) is 45.2 Å². The van der Waals surface area contributed by atoms with Crippen molar-refractivity contribution in [3.63, 3.8) is 0 Å². The van der Waals surface area contributed by atoms with Gasteiger partial charge in [-0.05, 0) is 56.5 Å². The zero-order chi connectivity index (χ0) is 27.4. The van der Waals surface area contributed by atoms with Crippen LogP contribution in [-0.2, 0) is 23.9 Å². The van der Waals surface area contributed by atoms with Crippen LogP contribution in [0.4, 0.5) is 0 Å². The molecule has 1 aliphatic heterocycles. The van der Waals surface area contributed by atoms with Crippen LogP contribution in [0.1, 0.15) is 50.2 Å². The topological polar surface area (TPSA) is 100 Å². The maximum absolute atomic E-state index is 14.4. The number of hydrogen-bond donors (Lipinski definition) is 1. The third-order valence-electron chi connectivity index (χ3n) is 7.02. The van der Waals surface area contributed by atoms with Crippen LogP contribution in [0.3, 0.4) is 0 Å². The molecule has 4 rings (SSSR count). The van der Waals surface area contributed by atoms with E-state index in [2.05, 4.69) is 5.32 Å². The second-order valence-corrected chi connectivity index (χ2v) is 9.13. The summed E-state index contributed by atoms with van der Waals surface area (Å²) in [7, 11) is 3.11. The molecule has 8 nitrogen and oxygen atoms in total. The lowest BCUT2D eigenvalue weighted by Gasteiger charge is -2.39. The number of benzene rings is 2. The van der Waals surface area contributed by atoms with Crippen molar-refractivity contribution < 1.29 is 33.3 Å². The van der Waals surface area contributed by atoms with Gasteiger partial charge in [-0.15, -0.1) is 0 Å². The van der Waals surface area contributed by atoms with E-state index in [1.165, 1.54) is 0 Å². The molecule has 1 heterocycles. The molecule has 0 radical (unpaired) electrons. The number of allylic oxidation sites excluding steroid dienone is 3. The molecule has 8 heteroatoms. The summed E-state index contributed by atoms with van der Waals surface area (Å²) >= 11 is 0. The molecule has 1 aliphatic carbocycles. The number of methoxy groups -OCH3 is 2. The Morgan fingerprint density at radius 3 is 2.39 bits per heavy atom. The minimum atomic E-state index is -1.11. The molecule has 0 fully saturated rings. The van der Waals surface area contributed by atoms with Gasteiger partial charge in [0.05, 0.1) is 33.0 Å². The van der Waals surface area contributed by atoms with Crippen molar-refractivity contribution in [2.75, 3.05) is 27.4 Å². The maximum atomic E-state index is 14.4. The van der Waals surface area contributed by atoms with Gasteiger partial charge in [0.15, 0.2) is 5.78 Å². The fourth-order valence-electron chi connectivity index (χ4n) is 5.44. The van der Waals surface area contributed by atoms with Crippen LogP contribution < -0.4 is 14.8 Å². The number of carbonyl (C=O) groups excluding carboxylic acids is 3. The number of ketones is 1. The molecule has 0 saturated carbocycles. The van der Waals surface area contributed by atoms with Crippen LogP contribution in [0.5, 0.6) is 11.5 Å². The first-order valence-electron chi connectivity index (χ1n) is 12.7. The first-order valence-corrected chi connectivity index (χ1v) is 12.7. The van der Waals surface area contributed by atoms with Crippen molar-refractivity contribution in [1.82, 2.24) is 5.32 Å². The van der Waals surface area contributed by atoms with Crippen LogP contribution in [0.15, 0.2) is 71.1 Å². The molecular weight excluding hydrogens is 486 g/mol. The van der Waals surface area contributed by atoms with Gasteiger partial charge in [-0.3, -0.25) is 9.59 Å². The van der Waals surface area contributed by atoms with Crippen molar-refractivity contribution in [3.8, 4) is 11.5 Å². The van der Waals surface area contributed by atoms with Gasteiger partial charge < -0.3 is 24.3 Å². The van der Waals surface area contributed by atoms with Crippen LogP contribution in [0.25, 0.3) is 0 Å². The number of nitrogens with one attached hydrogen (secondary N) is 1. The van der Waals surface area contributed by atoms with E-state index >= 15 is 0 Å². The van der Waals surface area contributed by atoms with Gasteiger partial charge in [0.25, 0.3) is 0 Å². The minimum absolute atomic E-state index is 0.137. The number of carbonyl (C=O) groups is 3. The van der Waals surface area contributed by atoms with E-state index in [-0.39, 0.29) is 13.2 Å². The molecule has 0 spiro atoms. The van der Waals surface area contributed by atoms with Crippen molar-refractivity contribution >= 4 is 17.7 Å². The second kappa shape index (κ2) is 11.5. The van der Waals surface area contributed by atoms with Crippen LogP contribution >= 0.6 is 0 Å². The van der Waals surface area contributed by atoms with E-state index in [9.17, 15) is 14.4 Å². The van der Waals surface area contributed by atoms with Gasteiger partial charge in [-0.1, -0.05) is 30.3 Å². The molecular formula is C30H33NO7. The highest BCUT2D eigenvalue weighted by atomic mass is 16.5. The Labute approximate surface area is 222 Å². The number of para-hydroxylation sites is 1. The smallest absolute Gasteiger partial charge is 0.336 e. The number of hydrogen-bond acceptors (Lipinski definition) is 8. The SMILES string of the molecule is CCOC(=O)C1=C(C)NC2=C(C(=O)[C@H](C(=O)OCC)[C@@H](c3ccccc3OC)C2)[C@@H]1c1cccc(OC)c1. The first-order chi connectivity index (χ1) is 18.4. The lowest BCUT2D eigenvalue weighted by Crippen LogP contribution is -2.43. The molecule has 0 bridgehead atoms. The summed E-state index contributed by atoms with van der Waals surface area (Å²) in [5.74, 6) is -2.73. The van der Waals surface area contributed by atoms with Crippen molar-refractivity contribution in [2.24, 2.45) is 5.92 Å². The fourth-order valence-corrected chi connectivity index (χ4v) is 5.44. The lowest BCUT2D eigenvalue weighted by molar-refractivity contribution is -0.152. The van der Waals surface area contributed by atoms with E-state index in [1.54, 1.807) is 47.1 Å². The highest BCUT2D eigenvalue weighted by Crippen LogP contribution is 2.49. The highest BCUT2D eigenvalue weighted by Gasteiger charge is 2.49. The summed E-state index contributed by atoms with van der Waals surface area (Å²) in [5, 5.41) is 3.31. The molecule has 2 aromatic carbocycles. The predicted molar refractivity (Wildman–Crippen MR) is 141 cm³/mol. The number of ether oxygens (including phenoxy) is 4. The summed E-state index contributed by atoms with van der Waals surface area (Å²) in [6.45, 7) is 5.55. The number of esters is 2. The van der Waals surface area contributed by atoms with Gasteiger partial charge in [-0.2, -0.15) is 0 Å². The monoisotopic (exact) mass is 519 g/mol. The number of Topliss-reactive ketones (excluding diaryl/α,β-unsaturated/α-hetero) is 1. The summed E-state index contributed by atoms with van der Waals surface area (Å²) in [6.07, 6.45) is 0.346. The Hall–Kier alpha value is -4.07. The molecule has 0 saturated heterocycles. The number of dihydropyridines is 1. The molecule has 0 unspecified atom stereocenters. The van der Waals surface area contributed by atoms with Crippen molar-refractivity contribution in [2.45, 2.75) is 39.0 Å². The average Bonchev–Trinajstić information content (AvgIpc) is 2.92. The predicted octanol–water partition coefficient (Wildman–Crippen LogP) is 4.42. The van der Waals surface area contributed by atoms with Crippen LogP contribution in [0, 0.1) is 5.92 Å². The van der Waals surface area contributed by atoms with Gasteiger partial charge in [0.2, 0.25) is 0 Å². The highest BCUT2D eigenvalue weighted by molar-refractivity contribution is 6.13. The molecule has 0 amide bonds. The fraction of sp³-hybridized carbons (Fsp3) is 0.367. The molecule has 3 atom stereocenters. The average molecular weight is 520 g/mol. The number of rotatable bonds is 8. The third-order valence-corrected chi connectivity index (χ3v) is 7.02. The Kier molecular flexibility index (Phi) is 8.20. The van der Waals surface area contributed by atoms with Gasteiger partial charge in [-0.25, -0.2) is 4.79 Å². The van der Waals surface area contributed by atoms with Crippen molar-refractivity contribution in [3.05, 3.63) is 82.2 Å². The maximum Gasteiger partial charge on any atom is 0.336 e. The summed E-state index contributed by atoms with van der Waals surface area (Å²) < 4.78 is 21.8. The summed E-state index contributed by atoms with van der Waals surface area (Å²) in [5.41, 5.74) is 3.36. The quantitative estimate of drug-likeness (QED) is 0.404. The largest absolute Gasteiger partial charge is 0.497 e. The van der Waals surface area contributed by atoms with Gasteiger partial charge >= 0.3 is 11.9 Å². The Balaban J connectivity index is 1.93. The molecule has 38 heavy (non-hydrogen) atoms. The van der Waals surface area contributed by atoms with Crippen LogP contribution in [0.2, 0.25) is 0 Å². The zero-order valence-electron chi connectivity index (χ0n) is 22.3. The summed E-state index contributed by atoms with van der Waals surface area (Å²) in [6, 6.07) is 14.6. The molecule has 2 aliphatic rings. The lowest BCUT2D eigenvalue weighted by atomic mass is 9.67. The van der Waals surface area contributed by atoms with E-state index in [1.807, 2.05) is 36.4 Å². The summed E-state index contributed by atoms with van der Waals surface area (Å²) in [4.78, 5) is 40.9. The normalized spacial score (nSPS) is 20.9. The molecule has 200 valence electrons. The van der Waals surface area contributed by atoms with Crippen molar-refractivity contribution in [1.29, 1.82) is 0 Å². The molecule has 0 aromatic heterocycles. The van der Waals surface area contributed by atoms with Gasteiger partial charge in [0, 0.05) is 28.8 Å². The Bertz CT molecular complexity index is 1310. The molecule has 2 aromatic rings. The standard InChI is InChI=1S/C30H33NO7/c1-6-37-29(33)24-17(3)31-22-16-21(20-13-8-9-14-23(20)36-5)26(30(34)38-7-2)28(32)27(22)25(24)18-11-10-12-19(15-18)35-4/h8-15,21,25-26,31H,6-7,16H2,1-5H3/t21-,25-,26-/m1/s1. The van der Waals surface area contributed by atoms with E-state index in [0.29, 0.717) is 46.0 Å². The van der Waals surface area contributed by atoms with E-state index < -0.39 is 35.5 Å². The third kappa shape index (κ3) is 4.90. The van der Waals surface area contributed by atoms with E-state index in [0.717, 1.165) is 5.56 Å². The zero-order valence-corrected chi connectivity index (χ0v) is 22.3. The van der Waals surface area contributed by atoms with E-state index in [4.69, 9.17) is 18.9 Å². The second-order valence-electron chi connectivity index (χ2n) is 9.13. The van der Waals surface area contributed by atoms with Gasteiger partial charge in [0.1, 0.15) is 17.4 Å².